The Morgan fingerprint density at radius 2 is 1.69 bits per heavy atom. The van der Waals surface area contributed by atoms with Crippen LogP contribution >= 0.6 is 11.3 Å². The predicted molar refractivity (Wildman–Crippen MR) is 115 cm³/mol. The second-order valence-corrected chi connectivity index (χ2v) is 8.43. The highest BCUT2D eigenvalue weighted by Crippen LogP contribution is 2.23. The minimum absolute atomic E-state index is 0.0942. The van der Waals surface area contributed by atoms with Crippen molar-refractivity contribution < 1.29 is 19.1 Å². The van der Waals surface area contributed by atoms with Crippen LogP contribution in [0.5, 0.6) is 0 Å². The Morgan fingerprint density at radius 1 is 1.00 bits per heavy atom. The lowest BCUT2D eigenvalue weighted by Crippen LogP contribution is -2.44. The molecule has 0 aliphatic heterocycles. The summed E-state index contributed by atoms with van der Waals surface area (Å²) in [6.45, 7) is 6.70. The molecule has 1 aromatic heterocycles. The summed E-state index contributed by atoms with van der Waals surface area (Å²) in [6.07, 6.45) is 3.34. The average Bonchev–Trinajstić information content (AvgIpc) is 3.04. The molecule has 8 heteroatoms. The van der Waals surface area contributed by atoms with Crippen LogP contribution in [0, 0.1) is 0 Å². The maximum Gasteiger partial charge on any atom is 0.426 e. The van der Waals surface area contributed by atoms with E-state index in [1.165, 1.54) is 18.3 Å². The fourth-order valence-electron chi connectivity index (χ4n) is 2.26. The molecule has 0 aliphatic rings. The van der Waals surface area contributed by atoms with E-state index in [9.17, 15) is 14.4 Å². The standard InChI is InChI=1S/C21H25N3O4S/c1-14(25)22-19-12-11-17(29-19)10-9-15-5-7-16(8-6-15)13-18(26)23-24-20(27)28-21(2,3)4/h5-12H,13H2,1-4H3,(H,22,25)(H,23,26)(H,24,27)/b10-9+. The molecule has 3 amide bonds. The van der Waals surface area contributed by atoms with Crippen LogP contribution in [-0.4, -0.2) is 23.5 Å². The van der Waals surface area contributed by atoms with E-state index in [2.05, 4.69) is 16.2 Å². The minimum atomic E-state index is -0.707. The maximum atomic E-state index is 11.9. The highest BCUT2D eigenvalue weighted by atomic mass is 32.1. The van der Waals surface area contributed by atoms with Crippen molar-refractivity contribution in [2.24, 2.45) is 0 Å². The van der Waals surface area contributed by atoms with Crippen LogP contribution < -0.4 is 16.2 Å². The van der Waals surface area contributed by atoms with Crippen LogP contribution in [0.3, 0.4) is 0 Å². The Labute approximate surface area is 174 Å². The zero-order chi connectivity index (χ0) is 21.4. The molecule has 0 radical (unpaired) electrons. The third-order valence-electron chi connectivity index (χ3n) is 3.41. The van der Waals surface area contributed by atoms with Crippen LogP contribution in [0.15, 0.2) is 36.4 Å². The number of hydrazine groups is 1. The highest BCUT2D eigenvalue weighted by Gasteiger charge is 2.16. The number of benzene rings is 1. The van der Waals surface area contributed by atoms with Gasteiger partial charge in [0.2, 0.25) is 11.8 Å². The lowest BCUT2D eigenvalue weighted by Gasteiger charge is -2.19. The topological polar surface area (TPSA) is 96.5 Å². The zero-order valence-corrected chi connectivity index (χ0v) is 17.7. The molecule has 7 nitrogen and oxygen atoms in total. The molecule has 0 bridgehead atoms. The van der Waals surface area contributed by atoms with Crippen LogP contribution in [0.1, 0.15) is 43.7 Å². The van der Waals surface area contributed by atoms with Gasteiger partial charge in [-0.25, -0.2) is 10.2 Å². The predicted octanol–water partition coefficient (Wildman–Crippen LogP) is 3.98. The van der Waals surface area contributed by atoms with E-state index >= 15 is 0 Å². The Morgan fingerprint density at radius 3 is 2.31 bits per heavy atom. The molecular formula is C21H25N3O4S. The third kappa shape index (κ3) is 8.61. The SMILES string of the molecule is CC(=O)Nc1ccc(/C=C/c2ccc(CC(=O)NNC(=O)OC(C)(C)C)cc2)s1. The van der Waals surface area contributed by atoms with Gasteiger partial charge in [-0.1, -0.05) is 30.3 Å². The molecule has 0 unspecified atom stereocenters. The van der Waals surface area contributed by atoms with Crippen LogP contribution in [0.2, 0.25) is 0 Å². The summed E-state index contributed by atoms with van der Waals surface area (Å²) >= 11 is 1.49. The van der Waals surface area contributed by atoms with Gasteiger partial charge >= 0.3 is 6.09 Å². The van der Waals surface area contributed by atoms with E-state index in [0.29, 0.717) is 0 Å². The van der Waals surface area contributed by atoms with Gasteiger partial charge in [-0.05, 0) is 50.1 Å². The summed E-state index contributed by atoms with van der Waals surface area (Å²) in [5, 5.41) is 3.56. The maximum absolute atomic E-state index is 11.9. The molecule has 0 atom stereocenters. The van der Waals surface area contributed by atoms with Gasteiger partial charge in [-0.15, -0.1) is 11.3 Å². The number of carbonyl (C=O) groups excluding carboxylic acids is 3. The number of nitrogens with one attached hydrogen (secondary N) is 3. The fraction of sp³-hybridized carbons (Fsp3) is 0.286. The van der Waals surface area contributed by atoms with E-state index < -0.39 is 11.7 Å². The van der Waals surface area contributed by atoms with Gasteiger partial charge in [0.25, 0.3) is 0 Å². The number of hydrogen-bond acceptors (Lipinski definition) is 5. The Kier molecular flexibility index (Phi) is 7.55. The molecular weight excluding hydrogens is 390 g/mol. The summed E-state index contributed by atoms with van der Waals surface area (Å²) in [5.41, 5.74) is 5.71. The van der Waals surface area contributed by atoms with Crippen molar-refractivity contribution >= 4 is 46.4 Å². The summed E-state index contributed by atoms with van der Waals surface area (Å²) in [7, 11) is 0. The second-order valence-electron chi connectivity index (χ2n) is 7.31. The molecule has 3 N–H and O–H groups in total. The molecule has 0 aliphatic carbocycles. The molecule has 0 saturated carbocycles. The first-order chi connectivity index (χ1) is 13.6. The van der Waals surface area contributed by atoms with Crippen molar-refractivity contribution in [1.29, 1.82) is 0 Å². The summed E-state index contributed by atoms with van der Waals surface area (Å²) in [5.74, 6) is -0.438. The first kappa shape index (κ1) is 22.2. The van der Waals surface area contributed by atoms with Crippen LogP contribution in [0.4, 0.5) is 9.80 Å². The molecule has 0 spiro atoms. The summed E-state index contributed by atoms with van der Waals surface area (Å²) < 4.78 is 5.05. The highest BCUT2D eigenvalue weighted by molar-refractivity contribution is 7.17. The molecule has 1 heterocycles. The smallest absolute Gasteiger partial charge is 0.426 e. The third-order valence-corrected chi connectivity index (χ3v) is 4.38. The van der Waals surface area contributed by atoms with Gasteiger partial charge in [-0.3, -0.25) is 15.0 Å². The molecule has 0 saturated heterocycles. The van der Waals surface area contributed by atoms with Gasteiger partial charge in [0.15, 0.2) is 0 Å². The van der Waals surface area contributed by atoms with Crippen molar-refractivity contribution in [3.05, 3.63) is 52.4 Å². The van der Waals surface area contributed by atoms with E-state index in [4.69, 9.17) is 4.74 Å². The largest absolute Gasteiger partial charge is 0.443 e. The summed E-state index contributed by atoms with van der Waals surface area (Å²) in [4.78, 5) is 35.5. The first-order valence-electron chi connectivity index (χ1n) is 9.03. The van der Waals surface area contributed by atoms with Crippen molar-refractivity contribution in [3.63, 3.8) is 0 Å². The Hall–Kier alpha value is -3.13. The van der Waals surface area contributed by atoms with Crippen molar-refractivity contribution in [1.82, 2.24) is 10.9 Å². The normalized spacial score (nSPS) is 11.2. The van der Waals surface area contributed by atoms with E-state index in [-0.39, 0.29) is 18.2 Å². The minimum Gasteiger partial charge on any atom is -0.443 e. The average molecular weight is 416 g/mol. The quantitative estimate of drug-likeness (QED) is 0.644. The first-order valence-corrected chi connectivity index (χ1v) is 9.85. The molecule has 2 rings (SSSR count). The Balaban J connectivity index is 1.83. The van der Waals surface area contributed by atoms with Crippen LogP contribution in [-0.2, 0) is 20.7 Å². The number of ether oxygens (including phenoxy) is 1. The monoisotopic (exact) mass is 415 g/mol. The number of amides is 3. The molecule has 154 valence electrons. The molecule has 0 fully saturated rings. The number of carbonyl (C=O) groups is 3. The zero-order valence-electron chi connectivity index (χ0n) is 16.9. The summed E-state index contributed by atoms with van der Waals surface area (Å²) in [6, 6.07) is 11.3. The molecule has 2 aromatic rings. The van der Waals surface area contributed by atoms with E-state index in [1.807, 2.05) is 48.6 Å². The number of thiophene rings is 1. The second kappa shape index (κ2) is 9.88. The van der Waals surface area contributed by atoms with Gasteiger partial charge in [0.05, 0.1) is 11.4 Å². The molecule has 29 heavy (non-hydrogen) atoms. The number of rotatable bonds is 5. The van der Waals surface area contributed by atoms with Crippen LogP contribution in [0.25, 0.3) is 12.2 Å². The number of anilines is 1. The van der Waals surface area contributed by atoms with Gasteiger partial charge < -0.3 is 10.1 Å². The number of hydrogen-bond donors (Lipinski definition) is 3. The van der Waals surface area contributed by atoms with E-state index in [1.54, 1.807) is 20.8 Å². The van der Waals surface area contributed by atoms with Gasteiger partial charge in [0.1, 0.15) is 5.60 Å². The van der Waals surface area contributed by atoms with Crippen molar-refractivity contribution in [2.45, 2.75) is 39.7 Å². The lowest BCUT2D eigenvalue weighted by atomic mass is 10.1. The van der Waals surface area contributed by atoms with E-state index in [0.717, 1.165) is 21.0 Å². The molecule has 1 aromatic carbocycles. The van der Waals surface area contributed by atoms with Gasteiger partial charge in [-0.2, -0.15) is 0 Å². The van der Waals surface area contributed by atoms with Gasteiger partial charge in [0, 0.05) is 11.8 Å². The van der Waals surface area contributed by atoms with Crippen molar-refractivity contribution in [3.8, 4) is 0 Å². The fourth-order valence-corrected chi connectivity index (χ4v) is 3.12. The van der Waals surface area contributed by atoms with Crippen molar-refractivity contribution in [2.75, 3.05) is 5.32 Å². The lowest BCUT2D eigenvalue weighted by molar-refractivity contribution is -0.121. The Bertz CT molecular complexity index is 895.